The molecule has 0 aliphatic carbocycles. The molecule has 7 heteroatoms. The molecule has 2 bridgehead atoms. The maximum Gasteiger partial charge on any atom is 0.341 e. The summed E-state index contributed by atoms with van der Waals surface area (Å²) in [6.07, 6.45) is 2.73. The molecule has 4 heterocycles. The molecule has 0 aromatic rings. The summed E-state index contributed by atoms with van der Waals surface area (Å²) in [6.45, 7) is 6.57. The van der Waals surface area contributed by atoms with Gasteiger partial charge in [0.2, 0.25) is 0 Å². The van der Waals surface area contributed by atoms with Crippen molar-refractivity contribution in [3.8, 4) is 0 Å². The number of esters is 2. The second-order valence-electron chi connectivity index (χ2n) is 8.32. The molecular weight excluding hydrogens is 326 g/mol. The molecule has 1 N–H and O–H groups in total. The molecular formula is C18H25NO6. The summed E-state index contributed by atoms with van der Waals surface area (Å²) in [6, 6.07) is -0.0177. The summed E-state index contributed by atoms with van der Waals surface area (Å²) >= 11 is 0. The van der Waals surface area contributed by atoms with Gasteiger partial charge in [-0.2, -0.15) is 0 Å². The highest BCUT2D eigenvalue weighted by Gasteiger charge is 2.64. The lowest BCUT2D eigenvalue weighted by molar-refractivity contribution is -0.195. The molecule has 0 aromatic carbocycles. The molecule has 0 saturated carbocycles. The van der Waals surface area contributed by atoms with Gasteiger partial charge in [-0.25, -0.2) is 4.79 Å². The van der Waals surface area contributed by atoms with E-state index in [-0.39, 0.29) is 37.6 Å². The van der Waals surface area contributed by atoms with Gasteiger partial charge in [0, 0.05) is 19.5 Å². The Labute approximate surface area is 146 Å². The molecule has 4 aliphatic heterocycles. The standard InChI is InChI=1S/C18H25NO6/c1-16-8-13(20)24-12-5-7-19-6-4-11(14(12)19)9-23-15(21)18(3,25-16)17(2,22)10-16/h4,12,14,22H,5-10H2,1-3H3/t12-,14-,16+,17+,18-/m1/s1. The lowest BCUT2D eigenvalue weighted by atomic mass is 9.82. The zero-order valence-corrected chi connectivity index (χ0v) is 14.9. The van der Waals surface area contributed by atoms with E-state index in [9.17, 15) is 14.7 Å². The maximum atomic E-state index is 12.8. The topological polar surface area (TPSA) is 85.3 Å². The minimum Gasteiger partial charge on any atom is -0.460 e. The highest BCUT2D eigenvalue weighted by Crippen LogP contribution is 2.48. The Hall–Kier alpha value is -1.44. The fourth-order valence-corrected chi connectivity index (χ4v) is 4.82. The van der Waals surface area contributed by atoms with Crippen molar-refractivity contribution in [2.45, 2.75) is 69.0 Å². The first-order valence-corrected chi connectivity index (χ1v) is 8.86. The predicted molar refractivity (Wildman–Crippen MR) is 86.7 cm³/mol. The number of carbonyl (C=O) groups excluding carboxylic acids is 2. The van der Waals surface area contributed by atoms with E-state index in [0.29, 0.717) is 0 Å². The summed E-state index contributed by atoms with van der Waals surface area (Å²) in [5.74, 6) is -0.946. The molecule has 4 aliphatic rings. The number of nitrogens with zero attached hydrogens (tertiary/aromatic N) is 1. The first kappa shape index (κ1) is 17.0. The third-order valence-electron chi connectivity index (χ3n) is 6.17. The van der Waals surface area contributed by atoms with Crippen molar-refractivity contribution in [1.82, 2.24) is 4.90 Å². The molecule has 0 amide bonds. The molecule has 7 nitrogen and oxygen atoms in total. The average Bonchev–Trinajstić information content (AvgIpc) is 3.09. The molecule has 0 spiro atoms. The van der Waals surface area contributed by atoms with Gasteiger partial charge in [0.25, 0.3) is 0 Å². The van der Waals surface area contributed by atoms with Gasteiger partial charge in [0.15, 0.2) is 5.60 Å². The number of cyclic esters (lactones) is 1. The Balaban J connectivity index is 1.68. The van der Waals surface area contributed by atoms with Crippen molar-refractivity contribution < 1.29 is 28.9 Å². The zero-order valence-electron chi connectivity index (χ0n) is 14.9. The van der Waals surface area contributed by atoms with E-state index in [2.05, 4.69) is 4.90 Å². The number of aliphatic hydroxyl groups is 1. The number of ether oxygens (including phenoxy) is 3. The minimum atomic E-state index is -1.52. The maximum absolute atomic E-state index is 12.8. The Morgan fingerprint density at radius 1 is 1.28 bits per heavy atom. The van der Waals surface area contributed by atoms with E-state index in [1.54, 1.807) is 13.8 Å². The van der Waals surface area contributed by atoms with Crippen LogP contribution in [-0.4, -0.2) is 70.6 Å². The van der Waals surface area contributed by atoms with Crippen LogP contribution in [0.15, 0.2) is 11.6 Å². The van der Waals surface area contributed by atoms with Crippen LogP contribution in [0.25, 0.3) is 0 Å². The second kappa shape index (κ2) is 5.28. The summed E-state index contributed by atoms with van der Waals surface area (Å²) in [5, 5.41) is 10.8. The molecule has 0 unspecified atom stereocenters. The van der Waals surface area contributed by atoms with Crippen LogP contribution in [-0.2, 0) is 23.8 Å². The van der Waals surface area contributed by atoms with Gasteiger partial charge in [0.1, 0.15) is 18.3 Å². The van der Waals surface area contributed by atoms with Gasteiger partial charge in [-0.15, -0.1) is 0 Å². The van der Waals surface area contributed by atoms with Crippen molar-refractivity contribution in [3.63, 3.8) is 0 Å². The summed E-state index contributed by atoms with van der Waals surface area (Å²) < 4.78 is 17.2. The zero-order chi connectivity index (χ0) is 18.0. The van der Waals surface area contributed by atoms with E-state index >= 15 is 0 Å². The van der Waals surface area contributed by atoms with Gasteiger partial charge in [-0.1, -0.05) is 6.08 Å². The van der Waals surface area contributed by atoms with Crippen LogP contribution < -0.4 is 0 Å². The quantitative estimate of drug-likeness (QED) is 0.504. The van der Waals surface area contributed by atoms with E-state index in [4.69, 9.17) is 14.2 Å². The molecule has 0 aromatic heterocycles. The van der Waals surface area contributed by atoms with E-state index < -0.39 is 22.8 Å². The van der Waals surface area contributed by atoms with Crippen LogP contribution in [0.1, 0.15) is 40.0 Å². The Bertz CT molecular complexity index is 658. The Kier molecular flexibility index (Phi) is 3.59. The summed E-state index contributed by atoms with van der Waals surface area (Å²) in [5.41, 5.74) is -2.97. The first-order valence-electron chi connectivity index (χ1n) is 8.86. The lowest BCUT2D eigenvalue weighted by Crippen LogP contribution is -2.53. The third-order valence-corrected chi connectivity index (χ3v) is 6.17. The SMILES string of the molecule is C[C@@]12CC(=O)O[C@@H]3CCN4CC=C(COC(=O)[C@@](C)(O1)[C@@](C)(O)C2)[C@H]34. The smallest absolute Gasteiger partial charge is 0.341 e. The Morgan fingerprint density at radius 2 is 2.04 bits per heavy atom. The first-order chi connectivity index (χ1) is 11.6. The van der Waals surface area contributed by atoms with Crippen LogP contribution in [0.5, 0.6) is 0 Å². The molecule has 3 saturated heterocycles. The van der Waals surface area contributed by atoms with Crippen LogP contribution >= 0.6 is 0 Å². The average molecular weight is 351 g/mol. The predicted octanol–water partition coefficient (Wildman–Crippen LogP) is 0.548. The van der Waals surface area contributed by atoms with Crippen LogP contribution in [0.2, 0.25) is 0 Å². The van der Waals surface area contributed by atoms with Gasteiger partial charge < -0.3 is 19.3 Å². The second-order valence-corrected chi connectivity index (χ2v) is 8.32. The third kappa shape index (κ3) is 2.52. The normalized spacial score (nSPS) is 47.4. The van der Waals surface area contributed by atoms with Crippen molar-refractivity contribution >= 4 is 11.9 Å². The summed E-state index contributed by atoms with van der Waals surface area (Å²) in [4.78, 5) is 27.5. The molecule has 5 atom stereocenters. The monoisotopic (exact) mass is 351 g/mol. The van der Waals surface area contributed by atoms with Gasteiger partial charge in [-0.3, -0.25) is 9.69 Å². The fourth-order valence-electron chi connectivity index (χ4n) is 4.82. The van der Waals surface area contributed by atoms with Crippen LogP contribution in [0.4, 0.5) is 0 Å². The van der Waals surface area contributed by atoms with Gasteiger partial charge in [0.05, 0.1) is 18.1 Å². The highest BCUT2D eigenvalue weighted by molar-refractivity contribution is 5.82. The van der Waals surface area contributed by atoms with E-state index in [0.717, 1.165) is 25.1 Å². The number of hydrogen-bond donors (Lipinski definition) is 1. The van der Waals surface area contributed by atoms with Crippen molar-refractivity contribution in [3.05, 3.63) is 11.6 Å². The van der Waals surface area contributed by atoms with Gasteiger partial charge >= 0.3 is 11.9 Å². The number of hydrogen-bond acceptors (Lipinski definition) is 7. The van der Waals surface area contributed by atoms with Crippen molar-refractivity contribution in [2.24, 2.45) is 0 Å². The van der Waals surface area contributed by atoms with E-state index in [1.165, 1.54) is 6.92 Å². The Morgan fingerprint density at radius 3 is 2.80 bits per heavy atom. The number of rotatable bonds is 0. The number of carbonyl (C=O) groups is 2. The minimum absolute atomic E-state index is 0.00567. The van der Waals surface area contributed by atoms with Crippen molar-refractivity contribution in [2.75, 3.05) is 19.7 Å². The highest BCUT2D eigenvalue weighted by atomic mass is 16.6. The molecule has 138 valence electrons. The number of fused-ring (bicyclic) bond motifs is 2. The van der Waals surface area contributed by atoms with Crippen LogP contribution in [0, 0.1) is 0 Å². The molecule has 25 heavy (non-hydrogen) atoms. The summed E-state index contributed by atoms with van der Waals surface area (Å²) in [7, 11) is 0. The lowest BCUT2D eigenvalue weighted by Gasteiger charge is -2.34. The largest absolute Gasteiger partial charge is 0.460 e. The molecule has 0 radical (unpaired) electrons. The fraction of sp³-hybridized carbons (Fsp3) is 0.778. The molecule has 4 rings (SSSR count). The van der Waals surface area contributed by atoms with Crippen molar-refractivity contribution in [1.29, 1.82) is 0 Å². The van der Waals surface area contributed by atoms with Gasteiger partial charge in [-0.05, 0) is 32.8 Å². The van der Waals surface area contributed by atoms with E-state index in [1.807, 2.05) is 6.08 Å². The molecule has 3 fully saturated rings. The van der Waals surface area contributed by atoms with Crippen LogP contribution in [0.3, 0.4) is 0 Å².